The molecule has 0 unspecified atom stereocenters. The third kappa shape index (κ3) is 2.57. The molecule has 0 fully saturated rings. The average molecular weight is 368 g/mol. The first kappa shape index (κ1) is 14.2. The van der Waals surface area contributed by atoms with Crippen molar-refractivity contribution in [2.45, 2.75) is 12.3 Å². The third-order valence-corrected chi connectivity index (χ3v) is 4.66. The van der Waals surface area contributed by atoms with E-state index in [0.717, 1.165) is 26.9 Å². The fourth-order valence-corrected chi connectivity index (χ4v) is 3.32. The number of aromatic amines is 1. The van der Waals surface area contributed by atoms with Gasteiger partial charge >= 0.3 is 0 Å². The van der Waals surface area contributed by atoms with Gasteiger partial charge in [0.25, 0.3) is 0 Å². The van der Waals surface area contributed by atoms with E-state index >= 15 is 0 Å². The summed E-state index contributed by atoms with van der Waals surface area (Å²) in [5.41, 5.74) is 4.20. The van der Waals surface area contributed by atoms with E-state index in [2.05, 4.69) is 43.6 Å². The Morgan fingerprint density at radius 3 is 2.52 bits per heavy atom. The molecule has 5 heteroatoms. The molecule has 0 aliphatic carbocycles. The van der Waals surface area contributed by atoms with Gasteiger partial charge in [0.15, 0.2) is 5.82 Å². The molecule has 114 valence electrons. The van der Waals surface area contributed by atoms with Gasteiger partial charge in [-0.1, -0.05) is 58.4 Å². The third-order valence-electron chi connectivity index (χ3n) is 4.13. The number of carbonyl (C=O) groups is 1. The van der Waals surface area contributed by atoms with Crippen LogP contribution in [0.25, 0.3) is 11.3 Å². The quantitative estimate of drug-likeness (QED) is 0.708. The molecule has 0 spiro atoms. The van der Waals surface area contributed by atoms with Gasteiger partial charge in [-0.05, 0) is 23.3 Å². The summed E-state index contributed by atoms with van der Waals surface area (Å²) in [6.07, 6.45) is 0.425. The molecule has 2 heterocycles. The molecule has 1 amide bonds. The smallest absolute Gasteiger partial charge is 0.226 e. The number of aromatic nitrogens is 2. The maximum atomic E-state index is 12.0. The lowest BCUT2D eigenvalue weighted by Gasteiger charge is -2.23. The lowest BCUT2D eigenvalue weighted by molar-refractivity contribution is -0.116. The van der Waals surface area contributed by atoms with Crippen LogP contribution in [0.4, 0.5) is 5.82 Å². The molecule has 0 saturated carbocycles. The van der Waals surface area contributed by atoms with Crippen LogP contribution in [0, 0.1) is 0 Å². The van der Waals surface area contributed by atoms with Crippen molar-refractivity contribution in [2.24, 2.45) is 0 Å². The van der Waals surface area contributed by atoms with Crippen molar-refractivity contribution >= 4 is 27.7 Å². The minimum atomic E-state index is -0.00321. The van der Waals surface area contributed by atoms with Crippen LogP contribution in [0.5, 0.6) is 0 Å². The second-order valence-electron chi connectivity index (χ2n) is 5.58. The van der Waals surface area contributed by atoms with E-state index in [1.165, 1.54) is 0 Å². The second kappa shape index (κ2) is 5.66. The molecule has 3 aromatic rings. The summed E-state index contributed by atoms with van der Waals surface area (Å²) >= 11 is 3.46. The van der Waals surface area contributed by atoms with Crippen LogP contribution in [0.15, 0.2) is 59.1 Å². The number of H-pyrrole nitrogens is 1. The van der Waals surface area contributed by atoms with Crippen molar-refractivity contribution in [3.05, 3.63) is 70.2 Å². The summed E-state index contributed by atoms with van der Waals surface area (Å²) in [7, 11) is 0. The first-order chi connectivity index (χ1) is 11.2. The van der Waals surface area contributed by atoms with E-state index in [4.69, 9.17) is 0 Å². The number of fused-ring (bicyclic) bond motifs is 1. The summed E-state index contributed by atoms with van der Waals surface area (Å²) in [4.78, 5) is 12.0. The Balaban J connectivity index is 1.86. The summed E-state index contributed by atoms with van der Waals surface area (Å²) in [5, 5.41) is 10.3. The highest BCUT2D eigenvalue weighted by molar-refractivity contribution is 9.10. The van der Waals surface area contributed by atoms with E-state index in [1.54, 1.807) is 0 Å². The van der Waals surface area contributed by atoms with Crippen molar-refractivity contribution in [1.29, 1.82) is 0 Å². The van der Waals surface area contributed by atoms with Gasteiger partial charge in [-0.15, -0.1) is 0 Å². The molecular weight excluding hydrogens is 354 g/mol. The molecule has 0 saturated heterocycles. The van der Waals surface area contributed by atoms with Crippen LogP contribution in [-0.4, -0.2) is 16.1 Å². The number of halogens is 1. The molecule has 0 radical (unpaired) electrons. The topological polar surface area (TPSA) is 57.8 Å². The Kier molecular flexibility index (Phi) is 3.50. The van der Waals surface area contributed by atoms with E-state index in [1.807, 2.05) is 42.5 Å². The van der Waals surface area contributed by atoms with E-state index < -0.39 is 0 Å². The van der Waals surface area contributed by atoms with Crippen LogP contribution in [0.3, 0.4) is 0 Å². The zero-order chi connectivity index (χ0) is 15.8. The number of benzene rings is 2. The van der Waals surface area contributed by atoms with Crippen LogP contribution in [0.2, 0.25) is 0 Å². The number of nitrogens with zero attached hydrogens (tertiary/aromatic N) is 1. The first-order valence-electron chi connectivity index (χ1n) is 7.41. The van der Waals surface area contributed by atoms with Gasteiger partial charge in [-0.25, -0.2) is 0 Å². The Morgan fingerprint density at radius 1 is 1.04 bits per heavy atom. The van der Waals surface area contributed by atoms with Crippen LogP contribution in [-0.2, 0) is 4.79 Å². The van der Waals surface area contributed by atoms with Gasteiger partial charge in [0, 0.05) is 22.4 Å². The van der Waals surface area contributed by atoms with Crippen molar-refractivity contribution in [2.75, 3.05) is 5.32 Å². The number of hydrogen-bond acceptors (Lipinski definition) is 2. The number of rotatable bonds is 2. The van der Waals surface area contributed by atoms with E-state index in [9.17, 15) is 4.79 Å². The molecule has 1 aromatic heterocycles. The number of amides is 1. The fourth-order valence-electron chi connectivity index (χ4n) is 3.06. The summed E-state index contributed by atoms with van der Waals surface area (Å²) in [6.45, 7) is 0. The summed E-state index contributed by atoms with van der Waals surface area (Å²) < 4.78 is 1.03. The molecule has 1 aliphatic heterocycles. The highest BCUT2D eigenvalue weighted by atomic mass is 79.9. The Morgan fingerprint density at radius 2 is 1.78 bits per heavy atom. The molecule has 1 aliphatic rings. The lowest BCUT2D eigenvalue weighted by atomic mass is 9.84. The predicted octanol–water partition coefficient (Wildman–Crippen LogP) is 4.31. The Bertz CT molecular complexity index is 856. The zero-order valence-corrected chi connectivity index (χ0v) is 13.8. The maximum Gasteiger partial charge on any atom is 0.226 e. The normalized spacial score (nSPS) is 16.7. The van der Waals surface area contributed by atoms with Crippen LogP contribution < -0.4 is 5.32 Å². The minimum absolute atomic E-state index is 0.000746. The zero-order valence-electron chi connectivity index (χ0n) is 12.2. The molecule has 0 bridgehead atoms. The molecule has 1 atom stereocenters. The van der Waals surface area contributed by atoms with Gasteiger partial charge in [0.2, 0.25) is 5.91 Å². The molecule has 2 N–H and O–H groups in total. The highest BCUT2D eigenvalue weighted by Crippen LogP contribution is 2.41. The maximum absolute atomic E-state index is 12.0. The fraction of sp³-hybridized carbons (Fsp3) is 0.111. The van der Waals surface area contributed by atoms with Gasteiger partial charge in [-0.2, -0.15) is 5.10 Å². The summed E-state index contributed by atoms with van der Waals surface area (Å²) in [6, 6.07) is 18.2. The van der Waals surface area contributed by atoms with Crippen LogP contribution >= 0.6 is 15.9 Å². The van der Waals surface area contributed by atoms with Gasteiger partial charge in [0.1, 0.15) is 0 Å². The van der Waals surface area contributed by atoms with Gasteiger partial charge in [-0.3, -0.25) is 9.89 Å². The van der Waals surface area contributed by atoms with Crippen molar-refractivity contribution in [3.63, 3.8) is 0 Å². The van der Waals surface area contributed by atoms with Crippen molar-refractivity contribution in [3.8, 4) is 11.3 Å². The van der Waals surface area contributed by atoms with Crippen LogP contribution in [0.1, 0.15) is 23.5 Å². The number of hydrogen-bond donors (Lipinski definition) is 2. The molecule has 4 nitrogen and oxygen atoms in total. The molecule has 23 heavy (non-hydrogen) atoms. The Labute approximate surface area is 142 Å². The van der Waals surface area contributed by atoms with Crippen molar-refractivity contribution in [1.82, 2.24) is 10.2 Å². The molecular formula is C18H14BrN3O. The predicted molar refractivity (Wildman–Crippen MR) is 93.3 cm³/mol. The number of nitrogens with one attached hydrogen (secondary N) is 2. The van der Waals surface area contributed by atoms with Crippen molar-refractivity contribution < 1.29 is 4.79 Å². The number of anilines is 1. The SMILES string of the molecule is O=C1C[C@H](c2ccc(Br)cc2)c2c(n[nH]c2-c2ccccc2)N1. The highest BCUT2D eigenvalue weighted by Gasteiger charge is 2.31. The van der Waals surface area contributed by atoms with Gasteiger partial charge in [0.05, 0.1) is 5.69 Å². The lowest BCUT2D eigenvalue weighted by Crippen LogP contribution is -2.23. The summed E-state index contributed by atoms with van der Waals surface area (Å²) in [5.74, 6) is 0.630. The molecule has 2 aromatic carbocycles. The first-order valence-corrected chi connectivity index (χ1v) is 8.20. The van der Waals surface area contributed by atoms with E-state index in [0.29, 0.717) is 12.2 Å². The Hall–Kier alpha value is -2.40. The monoisotopic (exact) mass is 367 g/mol. The van der Waals surface area contributed by atoms with E-state index in [-0.39, 0.29) is 11.8 Å². The number of carbonyl (C=O) groups excluding carboxylic acids is 1. The van der Waals surface area contributed by atoms with Gasteiger partial charge < -0.3 is 5.32 Å². The minimum Gasteiger partial charge on any atom is -0.309 e. The average Bonchev–Trinajstić information content (AvgIpc) is 2.99. The second-order valence-corrected chi connectivity index (χ2v) is 6.50. The largest absolute Gasteiger partial charge is 0.309 e. The molecule has 4 rings (SSSR count). The standard InChI is InChI=1S/C18H14BrN3O/c19-13-8-6-11(7-9-13)14-10-15(23)20-18-16(14)17(21-22-18)12-4-2-1-3-5-12/h1-9,14H,10H2,(H2,20,21,22,23)/t14-/m1/s1.